The smallest absolute Gasteiger partial charge is 0.336 e. The zero-order valence-electron chi connectivity index (χ0n) is 12.1. The van der Waals surface area contributed by atoms with Crippen molar-refractivity contribution in [2.45, 2.75) is 18.6 Å². The second-order valence-electron chi connectivity index (χ2n) is 4.64. The molecule has 122 valence electrons. The molecule has 0 saturated carbocycles. The van der Waals surface area contributed by atoms with Gasteiger partial charge in [0.2, 0.25) is 0 Å². The fraction of sp³-hybridized carbons (Fsp3) is 0.286. The van der Waals surface area contributed by atoms with E-state index in [1.807, 2.05) is 30.3 Å². The molecule has 0 spiro atoms. The van der Waals surface area contributed by atoms with E-state index in [0.29, 0.717) is 4.60 Å². The first-order valence-electron chi connectivity index (χ1n) is 6.61. The molecule has 1 aromatic heterocycles. The Hall–Kier alpha value is -1.84. The molecule has 9 heteroatoms. The van der Waals surface area contributed by atoms with Crippen molar-refractivity contribution in [1.29, 1.82) is 0 Å². The van der Waals surface area contributed by atoms with Crippen LogP contribution in [0.2, 0.25) is 0 Å². The van der Waals surface area contributed by atoms with Gasteiger partial charge in [-0.25, -0.2) is 4.79 Å². The highest BCUT2D eigenvalue weighted by Crippen LogP contribution is 2.14. The summed E-state index contributed by atoms with van der Waals surface area (Å²) in [7, 11) is 1.17. The van der Waals surface area contributed by atoms with Crippen LogP contribution >= 0.6 is 27.7 Å². The van der Waals surface area contributed by atoms with Gasteiger partial charge in [-0.1, -0.05) is 30.3 Å². The second-order valence-corrected chi connectivity index (χ2v) is 5.92. The standard InChI is InChI=1S/C14H14BrN3O4S/c1-22-14(21)11(19)9(7-8-5-3-2-4-6-8)16-13(20)10-12(15)18-23-17-10/h2-6,9,11,19H,7H2,1H3,(H,16,20). The number of esters is 1. The largest absolute Gasteiger partial charge is 0.467 e. The van der Waals surface area contributed by atoms with Gasteiger partial charge in [-0.3, -0.25) is 4.79 Å². The lowest BCUT2D eigenvalue weighted by Gasteiger charge is -2.22. The number of rotatable bonds is 6. The molecule has 0 aliphatic rings. The number of hydrogen-bond acceptors (Lipinski definition) is 7. The van der Waals surface area contributed by atoms with Crippen LogP contribution in [-0.4, -0.2) is 45.0 Å². The number of aliphatic hydroxyl groups excluding tert-OH is 1. The number of aromatic nitrogens is 2. The molecule has 1 heterocycles. The lowest BCUT2D eigenvalue weighted by Crippen LogP contribution is -2.48. The van der Waals surface area contributed by atoms with Crippen molar-refractivity contribution in [1.82, 2.24) is 14.1 Å². The van der Waals surface area contributed by atoms with Gasteiger partial charge in [0.25, 0.3) is 5.91 Å². The van der Waals surface area contributed by atoms with Crippen LogP contribution in [0.1, 0.15) is 16.1 Å². The van der Waals surface area contributed by atoms with Gasteiger partial charge in [0.1, 0.15) is 0 Å². The molecule has 2 atom stereocenters. The number of ether oxygens (including phenoxy) is 1. The highest BCUT2D eigenvalue weighted by Gasteiger charge is 2.30. The molecule has 0 fully saturated rings. The van der Waals surface area contributed by atoms with E-state index >= 15 is 0 Å². The molecule has 0 radical (unpaired) electrons. The fourth-order valence-corrected chi connectivity index (χ4v) is 2.97. The summed E-state index contributed by atoms with van der Waals surface area (Å²) in [6, 6.07) is 8.34. The van der Waals surface area contributed by atoms with Crippen molar-refractivity contribution in [2.24, 2.45) is 0 Å². The SMILES string of the molecule is COC(=O)C(O)C(Cc1ccccc1)NC(=O)c1nsnc1Br. The molecule has 0 bridgehead atoms. The van der Waals surface area contributed by atoms with Gasteiger partial charge in [0.15, 0.2) is 16.4 Å². The van der Waals surface area contributed by atoms with E-state index in [2.05, 4.69) is 34.7 Å². The quantitative estimate of drug-likeness (QED) is 0.707. The molecular weight excluding hydrogens is 386 g/mol. The number of halogens is 1. The summed E-state index contributed by atoms with van der Waals surface area (Å²) in [6.07, 6.45) is -1.23. The van der Waals surface area contributed by atoms with Crippen LogP contribution in [-0.2, 0) is 16.0 Å². The number of nitrogens with zero attached hydrogens (tertiary/aromatic N) is 2. The Morgan fingerprint density at radius 1 is 1.35 bits per heavy atom. The Morgan fingerprint density at radius 3 is 2.61 bits per heavy atom. The third kappa shape index (κ3) is 4.57. The molecule has 2 N–H and O–H groups in total. The lowest BCUT2D eigenvalue weighted by atomic mass is 10.0. The zero-order chi connectivity index (χ0) is 16.8. The third-order valence-corrected chi connectivity index (χ3v) is 4.42. The average molecular weight is 400 g/mol. The van der Waals surface area contributed by atoms with E-state index in [0.717, 1.165) is 17.3 Å². The number of nitrogens with one attached hydrogen (secondary N) is 1. The number of benzene rings is 1. The highest BCUT2D eigenvalue weighted by atomic mass is 79.9. The first kappa shape index (κ1) is 17.5. The molecule has 23 heavy (non-hydrogen) atoms. The van der Waals surface area contributed by atoms with Crippen molar-refractivity contribution in [3.8, 4) is 0 Å². The van der Waals surface area contributed by atoms with E-state index in [9.17, 15) is 14.7 Å². The summed E-state index contributed by atoms with van der Waals surface area (Å²) < 4.78 is 12.6. The Bertz CT molecular complexity index is 680. The molecule has 7 nitrogen and oxygen atoms in total. The van der Waals surface area contributed by atoms with Crippen LogP contribution < -0.4 is 5.32 Å². The zero-order valence-corrected chi connectivity index (χ0v) is 14.5. The number of carbonyl (C=O) groups excluding carboxylic acids is 2. The number of hydrogen-bond donors (Lipinski definition) is 2. The maximum absolute atomic E-state index is 12.2. The minimum atomic E-state index is -1.49. The molecule has 0 saturated heterocycles. The van der Waals surface area contributed by atoms with Gasteiger partial charge in [0.05, 0.1) is 24.9 Å². The molecule has 2 unspecified atom stereocenters. The molecule has 2 aromatic rings. The average Bonchev–Trinajstić information content (AvgIpc) is 3.00. The van der Waals surface area contributed by atoms with E-state index in [1.165, 1.54) is 7.11 Å². The van der Waals surface area contributed by atoms with E-state index in [-0.39, 0.29) is 12.1 Å². The van der Waals surface area contributed by atoms with Crippen molar-refractivity contribution < 1.29 is 19.4 Å². The summed E-state index contributed by atoms with van der Waals surface area (Å²) in [5.74, 6) is -1.35. The number of amides is 1. The predicted octanol–water partition coefficient (Wildman–Crippen LogP) is 1.18. The van der Waals surface area contributed by atoms with Crippen LogP contribution in [0.5, 0.6) is 0 Å². The normalized spacial score (nSPS) is 13.2. The van der Waals surface area contributed by atoms with E-state index in [4.69, 9.17) is 0 Å². The van der Waals surface area contributed by atoms with Crippen LogP contribution in [0.15, 0.2) is 34.9 Å². The van der Waals surface area contributed by atoms with Crippen LogP contribution in [0, 0.1) is 0 Å². The van der Waals surface area contributed by atoms with Gasteiger partial charge in [-0.05, 0) is 27.9 Å². The van der Waals surface area contributed by atoms with Gasteiger partial charge < -0.3 is 15.2 Å². The minimum Gasteiger partial charge on any atom is -0.467 e. The molecule has 0 aliphatic carbocycles. The van der Waals surface area contributed by atoms with Gasteiger partial charge in [-0.15, -0.1) is 0 Å². The topological polar surface area (TPSA) is 101 Å². The Kier molecular flexibility index (Phi) is 6.20. The summed E-state index contributed by atoms with van der Waals surface area (Å²) in [4.78, 5) is 23.9. The summed E-state index contributed by atoms with van der Waals surface area (Å²) in [5.41, 5.74) is 0.960. The highest BCUT2D eigenvalue weighted by molar-refractivity contribution is 9.10. The number of methoxy groups -OCH3 is 1. The summed E-state index contributed by atoms with van der Waals surface area (Å²) >= 11 is 4.01. The maximum Gasteiger partial charge on any atom is 0.336 e. The molecule has 1 amide bonds. The van der Waals surface area contributed by atoms with Gasteiger partial charge in [0, 0.05) is 0 Å². The monoisotopic (exact) mass is 399 g/mol. The molecule has 2 rings (SSSR count). The predicted molar refractivity (Wildman–Crippen MR) is 87.0 cm³/mol. The number of carbonyl (C=O) groups is 2. The van der Waals surface area contributed by atoms with Gasteiger partial charge in [-0.2, -0.15) is 8.75 Å². The molecule has 0 aliphatic heterocycles. The van der Waals surface area contributed by atoms with Crippen LogP contribution in [0.4, 0.5) is 0 Å². The van der Waals surface area contributed by atoms with Crippen molar-refractivity contribution in [3.63, 3.8) is 0 Å². The minimum absolute atomic E-state index is 0.102. The van der Waals surface area contributed by atoms with Crippen molar-refractivity contribution in [2.75, 3.05) is 7.11 Å². The first-order chi connectivity index (χ1) is 11.0. The maximum atomic E-state index is 12.2. The summed E-state index contributed by atoms with van der Waals surface area (Å²) in [6.45, 7) is 0. The first-order valence-corrected chi connectivity index (χ1v) is 8.14. The van der Waals surface area contributed by atoms with E-state index < -0.39 is 24.0 Å². The van der Waals surface area contributed by atoms with E-state index in [1.54, 1.807) is 0 Å². The molecule has 1 aromatic carbocycles. The van der Waals surface area contributed by atoms with Crippen molar-refractivity contribution >= 4 is 39.5 Å². The Labute approximate surface area is 145 Å². The summed E-state index contributed by atoms with van der Waals surface area (Å²) in [5, 5.41) is 12.7. The fourth-order valence-electron chi connectivity index (χ4n) is 1.94. The number of aliphatic hydroxyl groups is 1. The van der Waals surface area contributed by atoms with Crippen LogP contribution in [0.3, 0.4) is 0 Å². The molecular formula is C14H14BrN3O4S. The Morgan fingerprint density at radius 2 is 2.04 bits per heavy atom. The van der Waals surface area contributed by atoms with Crippen molar-refractivity contribution in [3.05, 3.63) is 46.2 Å². The second kappa shape index (κ2) is 8.14. The lowest BCUT2D eigenvalue weighted by molar-refractivity contribution is -0.151. The van der Waals surface area contributed by atoms with Crippen LogP contribution in [0.25, 0.3) is 0 Å². The Balaban J connectivity index is 2.17. The third-order valence-electron chi connectivity index (χ3n) is 3.10. The van der Waals surface area contributed by atoms with Gasteiger partial charge >= 0.3 is 5.97 Å².